The normalized spacial score (nSPS) is 30.1. The fraction of sp³-hybridized carbons (Fsp3) is 0.769. The van der Waals surface area contributed by atoms with E-state index in [-0.39, 0.29) is 12.0 Å². The van der Waals surface area contributed by atoms with Crippen LogP contribution in [0.4, 0.5) is 0 Å². The van der Waals surface area contributed by atoms with E-state index in [1.54, 1.807) is 6.33 Å². The predicted molar refractivity (Wildman–Crippen MR) is 68.4 cm³/mol. The number of carboxylic acids is 1. The zero-order valence-corrected chi connectivity index (χ0v) is 11.2. The molecule has 3 unspecified atom stereocenters. The van der Waals surface area contributed by atoms with Crippen LogP contribution in [-0.2, 0) is 17.9 Å². The molecular weight excluding hydrogens is 244 g/mol. The van der Waals surface area contributed by atoms with E-state index < -0.39 is 5.97 Å². The number of fused-ring (bicyclic) bond motifs is 2. The van der Waals surface area contributed by atoms with Crippen LogP contribution < -0.4 is 0 Å². The maximum absolute atomic E-state index is 11.2. The third kappa shape index (κ3) is 2.14. The number of aromatic nitrogens is 3. The zero-order chi connectivity index (χ0) is 13.4. The Kier molecular flexibility index (Phi) is 3.26. The first-order valence-corrected chi connectivity index (χ1v) is 7.06. The standard InChI is InChI=1S/C13H20N4O2/c1-2-5-17-12(14-8-15-17)7-16-9-3-4-11(16)10(6-9)13(18)19/h8-11H,2-7H2,1H3,(H,18,19). The number of nitrogens with zero attached hydrogens (tertiary/aromatic N) is 4. The Morgan fingerprint density at radius 3 is 3.05 bits per heavy atom. The van der Waals surface area contributed by atoms with Crippen molar-refractivity contribution in [2.75, 3.05) is 0 Å². The molecule has 2 fully saturated rings. The van der Waals surface area contributed by atoms with E-state index >= 15 is 0 Å². The highest BCUT2D eigenvalue weighted by Crippen LogP contribution is 2.42. The van der Waals surface area contributed by atoms with Crippen LogP contribution >= 0.6 is 0 Å². The number of aliphatic carboxylic acids is 1. The molecular formula is C13H20N4O2. The van der Waals surface area contributed by atoms with Crippen molar-refractivity contribution in [2.45, 2.75) is 57.8 Å². The summed E-state index contributed by atoms with van der Waals surface area (Å²) in [6.45, 7) is 3.73. The molecule has 1 aromatic heterocycles. The summed E-state index contributed by atoms with van der Waals surface area (Å²) >= 11 is 0. The van der Waals surface area contributed by atoms with Crippen molar-refractivity contribution < 1.29 is 9.90 Å². The molecule has 0 spiro atoms. The smallest absolute Gasteiger partial charge is 0.308 e. The van der Waals surface area contributed by atoms with Gasteiger partial charge in [0.05, 0.1) is 12.5 Å². The second-order valence-electron chi connectivity index (χ2n) is 5.55. The van der Waals surface area contributed by atoms with Crippen LogP contribution in [-0.4, -0.2) is 42.8 Å². The van der Waals surface area contributed by atoms with Crippen molar-refractivity contribution >= 4 is 5.97 Å². The van der Waals surface area contributed by atoms with Crippen molar-refractivity contribution in [3.8, 4) is 0 Å². The van der Waals surface area contributed by atoms with Crippen LogP contribution in [0.15, 0.2) is 6.33 Å². The van der Waals surface area contributed by atoms with Gasteiger partial charge in [-0.2, -0.15) is 5.10 Å². The molecule has 0 saturated carbocycles. The molecule has 2 bridgehead atoms. The number of hydrogen-bond acceptors (Lipinski definition) is 4. The van der Waals surface area contributed by atoms with Crippen molar-refractivity contribution in [1.29, 1.82) is 0 Å². The number of rotatable bonds is 5. The second-order valence-corrected chi connectivity index (χ2v) is 5.55. The van der Waals surface area contributed by atoms with Gasteiger partial charge >= 0.3 is 5.97 Å². The van der Waals surface area contributed by atoms with Gasteiger partial charge in [0.25, 0.3) is 0 Å². The first-order valence-electron chi connectivity index (χ1n) is 7.06. The van der Waals surface area contributed by atoms with Gasteiger partial charge in [-0.3, -0.25) is 9.69 Å². The second kappa shape index (κ2) is 4.92. The Hall–Kier alpha value is -1.43. The van der Waals surface area contributed by atoms with E-state index in [1.165, 1.54) is 0 Å². The fourth-order valence-electron chi connectivity index (χ4n) is 3.59. The monoisotopic (exact) mass is 264 g/mol. The van der Waals surface area contributed by atoms with E-state index in [1.807, 2.05) is 4.68 Å². The molecule has 6 heteroatoms. The topological polar surface area (TPSA) is 71.2 Å². The maximum atomic E-state index is 11.2. The predicted octanol–water partition coefficient (Wildman–Crippen LogP) is 1.13. The lowest BCUT2D eigenvalue weighted by atomic mass is 9.89. The average Bonchev–Trinajstić information content (AvgIpc) is 3.07. The van der Waals surface area contributed by atoms with Gasteiger partial charge in [0.1, 0.15) is 12.2 Å². The zero-order valence-electron chi connectivity index (χ0n) is 11.2. The summed E-state index contributed by atoms with van der Waals surface area (Å²) in [5, 5.41) is 13.5. The van der Waals surface area contributed by atoms with Gasteiger partial charge in [-0.15, -0.1) is 0 Å². The third-order valence-electron chi connectivity index (χ3n) is 4.45. The van der Waals surface area contributed by atoms with Crippen molar-refractivity contribution in [3.63, 3.8) is 0 Å². The van der Waals surface area contributed by atoms with Gasteiger partial charge < -0.3 is 5.11 Å². The van der Waals surface area contributed by atoms with E-state index in [9.17, 15) is 9.90 Å². The minimum absolute atomic E-state index is 0.189. The highest BCUT2D eigenvalue weighted by molar-refractivity contribution is 5.71. The van der Waals surface area contributed by atoms with Crippen LogP contribution in [0, 0.1) is 5.92 Å². The molecule has 2 aliphatic heterocycles. The number of carbonyl (C=O) groups is 1. The largest absolute Gasteiger partial charge is 0.481 e. The van der Waals surface area contributed by atoms with Crippen LogP contribution in [0.1, 0.15) is 38.4 Å². The molecule has 0 aliphatic carbocycles. The van der Waals surface area contributed by atoms with E-state index in [4.69, 9.17) is 0 Å². The summed E-state index contributed by atoms with van der Waals surface area (Å²) in [4.78, 5) is 17.9. The SMILES string of the molecule is CCCn1ncnc1CN1C2CCC1C(C(=O)O)C2. The molecule has 1 N–H and O–H groups in total. The van der Waals surface area contributed by atoms with E-state index in [0.717, 1.165) is 44.6 Å². The van der Waals surface area contributed by atoms with Crippen LogP contribution in [0.25, 0.3) is 0 Å². The quantitative estimate of drug-likeness (QED) is 0.863. The highest BCUT2D eigenvalue weighted by Gasteiger charge is 2.49. The lowest BCUT2D eigenvalue weighted by Gasteiger charge is -2.22. The summed E-state index contributed by atoms with van der Waals surface area (Å²) < 4.78 is 1.94. The minimum atomic E-state index is -0.646. The molecule has 0 aromatic carbocycles. The molecule has 104 valence electrons. The van der Waals surface area contributed by atoms with Gasteiger partial charge in [0, 0.05) is 18.6 Å². The van der Waals surface area contributed by atoms with Gasteiger partial charge in [-0.1, -0.05) is 6.92 Å². The molecule has 19 heavy (non-hydrogen) atoms. The number of carboxylic acid groups (broad SMARTS) is 1. The lowest BCUT2D eigenvalue weighted by Crippen LogP contribution is -2.33. The van der Waals surface area contributed by atoms with Gasteiger partial charge in [0.15, 0.2) is 0 Å². The average molecular weight is 264 g/mol. The van der Waals surface area contributed by atoms with Crippen LogP contribution in [0.5, 0.6) is 0 Å². The molecule has 6 nitrogen and oxygen atoms in total. The van der Waals surface area contributed by atoms with Gasteiger partial charge in [0.2, 0.25) is 0 Å². The fourth-order valence-corrected chi connectivity index (χ4v) is 3.59. The summed E-state index contributed by atoms with van der Waals surface area (Å²) in [6.07, 6.45) is 5.54. The molecule has 2 saturated heterocycles. The first-order chi connectivity index (χ1) is 9.20. The third-order valence-corrected chi connectivity index (χ3v) is 4.45. The van der Waals surface area contributed by atoms with Crippen molar-refractivity contribution in [2.24, 2.45) is 5.92 Å². The van der Waals surface area contributed by atoms with Crippen LogP contribution in [0.2, 0.25) is 0 Å². The highest BCUT2D eigenvalue weighted by atomic mass is 16.4. The number of aryl methyl sites for hydroxylation is 1. The molecule has 0 radical (unpaired) electrons. The van der Waals surface area contributed by atoms with Crippen molar-refractivity contribution in [3.05, 3.63) is 12.2 Å². The summed E-state index contributed by atoms with van der Waals surface area (Å²) in [5.74, 6) is 0.123. The Balaban J connectivity index is 1.74. The Labute approximate surface area is 112 Å². The summed E-state index contributed by atoms with van der Waals surface area (Å²) in [7, 11) is 0. The molecule has 3 heterocycles. The van der Waals surface area contributed by atoms with Crippen molar-refractivity contribution in [1.82, 2.24) is 19.7 Å². The molecule has 1 aromatic rings. The van der Waals surface area contributed by atoms with Gasteiger partial charge in [-0.05, 0) is 25.7 Å². The van der Waals surface area contributed by atoms with E-state index in [0.29, 0.717) is 6.04 Å². The van der Waals surface area contributed by atoms with Gasteiger partial charge in [-0.25, -0.2) is 9.67 Å². The Bertz CT molecular complexity index is 473. The first kappa shape index (κ1) is 12.6. The Morgan fingerprint density at radius 1 is 1.53 bits per heavy atom. The van der Waals surface area contributed by atoms with Crippen LogP contribution in [0.3, 0.4) is 0 Å². The minimum Gasteiger partial charge on any atom is -0.481 e. The maximum Gasteiger partial charge on any atom is 0.308 e. The summed E-state index contributed by atoms with van der Waals surface area (Å²) in [6, 6.07) is 0.604. The Morgan fingerprint density at radius 2 is 2.37 bits per heavy atom. The van der Waals surface area contributed by atoms with E-state index in [2.05, 4.69) is 21.9 Å². The molecule has 2 aliphatic rings. The lowest BCUT2D eigenvalue weighted by molar-refractivity contribution is -0.142. The molecule has 0 amide bonds. The molecule has 3 atom stereocenters. The number of hydrogen-bond donors (Lipinski definition) is 1. The summed E-state index contributed by atoms with van der Waals surface area (Å²) in [5.41, 5.74) is 0. The molecule has 3 rings (SSSR count).